The van der Waals surface area contributed by atoms with Gasteiger partial charge >= 0.3 is 11.9 Å². The van der Waals surface area contributed by atoms with Crippen LogP contribution in [0.15, 0.2) is 42.9 Å². The molecule has 1 heterocycles. The molecule has 0 N–H and O–H groups in total. The van der Waals surface area contributed by atoms with Gasteiger partial charge in [0, 0.05) is 39.1 Å². The number of aromatic nitrogens is 2. The number of esters is 2. The molecule has 0 radical (unpaired) electrons. The average Bonchev–Trinajstić information content (AvgIpc) is 3.09. The second-order valence-electron chi connectivity index (χ2n) is 7.55. The molecule has 2 atom stereocenters. The first-order valence-corrected chi connectivity index (χ1v) is 10.1. The number of carbonyl (C=O) groups is 2. The third-order valence-corrected chi connectivity index (χ3v) is 5.05. The summed E-state index contributed by atoms with van der Waals surface area (Å²) in [6.45, 7) is 1.46. The highest BCUT2D eigenvalue weighted by molar-refractivity contribution is 5.86. The van der Waals surface area contributed by atoms with Gasteiger partial charge in [0.2, 0.25) is 0 Å². The zero-order valence-electron chi connectivity index (χ0n) is 17.0. The largest absolute Gasteiger partial charge is 0.462 e. The van der Waals surface area contributed by atoms with Gasteiger partial charge in [0.05, 0.1) is 12.0 Å². The molecule has 1 aliphatic carbocycles. The molecule has 0 saturated carbocycles. The predicted octanol–water partition coefficient (Wildman–Crippen LogP) is 3.64. The highest BCUT2D eigenvalue weighted by Crippen LogP contribution is 2.23. The number of carbonyl (C=O) groups excluding carboxylic acids is 2. The van der Waals surface area contributed by atoms with E-state index in [4.69, 9.17) is 9.47 Å². The number of fused-ring (bicyclic) bond motifs is 1. The number of hydrogen-bond acceptors (Lipinski definition) is 5. The molecule has 1 aliphatic rings. The summed E-state index contributed by atoms with van der Waals surface area (Å²) in [4.78, 5) is 27.9. The predicted molar refractivity (Wildman–Crippen MR) is 110 cm³/mol. The Kier molecular flexibility index (Phi) is 7.22. The Morgan fingerprint density at radius 2 is 1.69 bits per heavy atom. The van der Waals surface area contributed by atoms with E-state index in [1.807, 2.05) is 29.9 Å². The topological polar surface area (TPSA) is 70.4 Å². The van der Waals surface area contributed by atoms with Crippen molar-refractivity contribution < 1.29 is 19.1 Å². The minimum Gasteiger partial charge on any atom is -0.462 e. The maximum atomic E-state index is 12.3. The highest BCUT2D eigenvalue weighted by Gasteiger charge is 2.21. The molecule has 0 aliphatic heterocycles. The number of benzene rings is 1. The molecular weight excluding hydrogens is 368 g/mol. The summed E-state index contributed by atoms with van der Waals surface area (Å²) >= 11 is 0. The van der Waals surface area contributed by atoms with Gasteiger partial charge in [0.15, 0.2) is 0 Å². The fraction of sp³-hybridized carbons (Fsp3) is 0.435. The van der Waals surface area contributed by atoms with Crippen molar-refractivity contribution in [1.29, 1.82) is 0 Å². The molecule has 1 aromatic heterocycles. The Morgan fingerprint density at radius 3 is 2.24 bits per heavy atom. The van der Waals surface area contributed by atoms with Gasteiger partial charge in [0.1, 0.15) is 12.2 Å². The first-order valence-electron chi connectivity index (χ1n) is 10.1. The Morgan fingerprint density at radius 1 is 1.07 bits per heavy atom. The molecule has 3 rings (SSSR count). The minimum atomic E-state index is -0.354. The van der Waals surface area contributed by atoms with Gasteiger partial charge in [0.25, 0.3) is 0 Å². The normalized spacial score (nSPS) is 20.1. The summed E-state index contributed by atoms with van der Waals surface area (Å²) in [5.74, 6) is -0.593. The van der Waals surface area contributed by atoms with E-state index in [-0.39, 0.29) is 24.1 Å². The zero-order valence-corrected chi connectivity index (χ0v) is 17.0. The van der Waals surface area contributed by atoms with E-state index in [1.165, 1.54) is 13.0 Å². The quantitative estimate of drug-likeness (QED) is 0.583. The van der Waals surface area contributed by atoms with Gasteiger partial charge in [-0.2, -0.15) is 0 Å². The molecule has 2 unspecified atom stereocenters. The third kappa shape index (κ3) is 6.59. The van der Waals surface area contributed by atoms with Crippen LogP contribution in [0.4, 0.5) is 0 Å². The summed E-state index contributed by atoms with van der Waals surface area (Å²) in [6.07, 6.45) is 11.1. The van der Waals surface area contributed by atoms with Crippen molar-refractivity contribution in [3.8, 4) is 0 Å². The molecular formula is C23H28N2O4. The maximum Gasteiger partial charge on any atom is 0.331 e. The Hall–Kier alpha value is -2.89. The minimum absolute atomic E-state index is 0.103. The summed E-state index contributed by atoms with van der Waals surface area (Å²) < 4.78 is 13.1. The summed E-state index contributed by atoms with van der Waals surface area (Å²) in [7, 11) is 1.88. The highest BCUT2D eigenvalue weighted by atomic mass is 16.5. The van der Waals surface area contributed by atoms with Gasteiger partial charge in [-0.15, -0.1) is 0 Å². The lowest BCUT2D eigenvalue weighted by molar-refractivity contribution is -0.147. The molecule has 6 heteroatoms. The van der Waals surface area contributed by atoms with E-state index >= 15 is 0 Å². The molecule has 29 heavy (non-hydrogen) atoms. The van der Waals surface area contributed by atoms with Crippen LogP contribution in [-0.2, 0) is 39.0 Å². The third-order valence-electron chi connectivity index (χ3n) is 5.05. The first-order chi connectivity index (χ1) is 14.0. The monoisotopic (exact) mass is 396 g/mol. The molecule has 0 saturated heterocycles. The van der Waals surface area contributed by atoms with Gasteiger partial charge in [-0.3, -0.25) is 4.79 Å². The smallest absolute Gasteiger partial charge is 0.331 e. The average molecular weight is 396 g/mol. The SMILES string of the molecule is CC(=O)OC1CCCCC(OC(=O)/C=C/c2cn(C)cn2)Cc2ccccc2C1. The molecule has 0 spiro atoms. The van der Waals surface area contributed by atoms with Crippen LogP contribution in [-0.4, -0.2) is 33.7 Å². The molecule has 0 fully saturated rings. The molecule has 2 aromatic rings. The van der Waals surface area contributed by atoms with Crippen molar-refractivity contribution in [2.75, 3.05) is 0 Å². The lowest BCUT2D eigenvalue weighted by Gasteiger charge is -2.24. The second-order valence-corrected chi connectivity index (χ2v) is 7.55. The van der Waals surface area contributed by atoms with Gasteiger partial charge in [-0.1, -0.05) is 24.3 Å². The maximum absolute atomic E-state index is 12.3. The molecule has 154 valence electrons. The number of ether oxygens (including phenoxy) is 2. The van der Waals surface area contributed by atoms with Crippen LogP contribution in [0.25, 0.3) is 6.08 Å². The molecule has 6 nitrogen and oxygen atoms in total. The lowest BCUT2D eigenvalue weighted by atomic mass is 9.91. The van der Waals surface area contributed by atoms with E-state index in [1.54, 1.807) is 12.4 Å². The van der Waals surface area contributed by atoms with E-state index < -0.39 is 0 Å². The summed E-state index contributed by atoms with van der Waals surface area (Å²) in [6, 6.07) is 8.11. The Labute approximate surface area is 171 Å². The van der Waals surface area contributed by atoms with Crippen molar-refractivity contribution in [1.82, 2.24) is 9.55 Å². The van der Waals surface area contributed by atoms with Gasteiger partial charge in [-0.05, 0) is 42.9 Å². The second kappa shape index (κ2) is 10.0. The van der Waals surface area contributed by atoms with Crippen molar-refractivity contribution in [3.63, 3.8) is 0 Å². The number of nitrogens with zero attached hydrogens (tertiary/aromatic N) is 2. The zero-order chi connectivity index (χ0) is 20.6. The van der Waals surface area contributed by atoms with E-state index in [2.05, 4.69) is 17.1 Å². The standard InChI is InChI=1S/C23H28N2O4/c1-17(26)28-21-9-5-6-10-22(14-19-8-4-3-7-18(19)13-21)29-23(27)12-11-20-15-25(2)16-24-20/h3-4,7-8,11-12,15-16,21-22H,5-6,9-10,13-14H2,1-2H3/b12-11+. The lowest BCUT2D eigenvalue weighted by Crippen LogP contribution is -2.24. The van der Waals surface area contributed by atoms with Crippen molar-refractivity contribution in [3.05, 3.63) is 59.7 Å². The molecule has 0 bridgehead atoms. The van der Waals surface area contributed by atoms with Gasteiger partial charge in [-0.25, -0.2) is 9.78 Å². The Balaban J connectivity index is 1.68. The van der Waals surface area contributed by atoms with Crippen LogP contribution in [0.2, 0.25) is 0 Å². The number of hydrogen-bond donors (Lipinski definition) is 0. The van der Waals surface area contributed by atoms with Crippen LogP contribution < -0.4 is 0 Å². The van der Waals surface area contributed by atoms with Gasteiger partial charge < -0.3 is 14.0 Å². The Bertz CT molecular complexity index is 871. The van der Waals surface area contributed by atoms with Crippen LogP contribution in [0.5, 0.6) is 0 Å². The van der Waals surface area contributed by atoms with Crippen molar-refractivity contribution in [2.24, 2.45) is 7.05 Å². The number of rotatable bonds is 4. The van der Waals surface area contributed by atoms with Crippen LogP contribution >= 0.6 is 0 Å². The van der Waals surface area contributed by atoms with Crippen LogP contribution in [0.3, 0.4) is 0 Å². The fourth-order valence-electron chi connectivity index (χ4n) is 3.71. The van der Waals surface area contributed by atoms with Crippen molar-refractivity contribution in [2.45, 2.75) is 57.7 Å². The number of imidazole rings is 1. The molecule has 1 aromatic carbocycles. The van der Waals surface area contributed by atoms with E-state index in [9.17, 15) is 9.59 Å². The summed E-state index contributed by atoms with van der Waals surface area (Å²) in [5.41, 5.74) is 3.00. The number of aryl methyl sites for hydroxylation is 1. The van der Waals surface area contributed by atoms with Crippen LogP contribution in [0, 0.1) is 0 Å². The summed E-state index contributed by atoms with van der Waals surface area (Å²) in [5, 5.41) is 0. The van der Waals surface area contributed by atoms with E-state index in [0.717, 1.165) is 42.5 Å². The van der Waals surface area contributed by atoms with Crippen LogP contribution in [0.1, 0.15) is 49.4 Å². The van der Waals surface area contributed by atoms with Crippen molar-refractivity contribution >= 4 is 18.0 Å². The first kappa shape index (κ1) is 20.8. The van der Waals surface area contributed by atoms with E-state index in [0.29, 0.717) is 12.8 Å². The fourth-order valence-corrected chi connectivity index (χ4v) is 3.71. The molecule has 0 amide bonds.